The van der Waals surface area contributed by atoms with Crippen LogP contribution < -0.4 is 4.74 Å². The Morgan fingerprint density at radius 2 is 1.94 bits per heavy atom. The first kappa shape index (κ1) is 13.2. The molecule has 1 aromatic carbocycles. The average Bonchev–Trinajstić information content (AvgIpc) is 2.34. The van der Waals surface area contributed by atoms with E-state index in [9.17, 15) is 0 Å². The Hall–Kier alpha value is -1.25. The molecular formula is C14H13Cl2NO. The van der Waals surface area contributed by atoms with Gasteiger partial charge in [0.05, 0.1) is 5.88 Å². The molecule has 94 valence electrons. The number of pyridine rings is 1. The van der Waals surface area contributed by atoms with E-state index >= 15 is 0 Å². The van der Waals surface area contributed by atoms with Crippen LogP contribution >= 0.6 is 23.2 Å². The molecule has 0 aliphatic carbocycles. The van der Waals surface area contributed by atoms with Crippen molar-refractivity contribution in [3.8, 4) is 11.5 Å². The van der Waals surface area contributed by atoms with Crippen molar-refractivity contribution >= 4 is 23.2 Å². The fourth-order valence-corrected chi connectivity index (χ4v) is 1.92. The number of aryl methyl sites for hydroxylation is 2. The summed E-state index contributed by atoms with van der Waals surface area (Å²) in [4.78, 5) is 4.20. The molecule has 18 heavy (non-hydrogen) atoms. The van der Waals surface area contributed by atoms with Crippen LogP contribution in [0.5, 0.6) is 11.5 Å². The first-order valence-electron chi connectivity index (χ1n) is 5.55. The van der Waals surface area contributed by atoms with Crippen molar-refractivity contribution in [3.05, 3.63) is 52.3 Å². The van der Waals surface area contributed by atoms with E-state index in [2.05, 4.69) is 4.98 Å². The maximum absolute atomic E-state index is 5.97. The zero-order chi connectivity index (χ0) is 13.1. The van der Waals surface area contributed by atoms with E-state index in [1.807, 2.05) is 32.0 Å². The smallest absolute Gasteiger partial charge is 0.135 e. The van der Waals surface area contributed by atoms with Gasteiger partial charge < -0.3 is 4.74 Å². The Labute approximate surface area is 117 Å². The minimum atomic E-state index is 0.363. The standard InChI is InChI=1S/C14H13Cl2NO/c1-9-3-4-12(16)6-13(9)18-14-5-10(2)17-8-11(14)7-15/h3-6,8H,7H2,1-2H3. The minimum Gasteiger partial charge on any atom is -0.457 e. The van der Waals surface area contributed by atoms with E-state index in [0.29, 0.717) is 10.9 Å². The van der Waals surface area contributed by atoms with Crippen LogP contribution in [0.25, 0.3) is 0 Å². The molecular weight excluding hydrogens is 269 g/mol. The van der Waals surface area contributed by atoms with Gasteiger partial charge in [0.15, 0.2) is 0 Å². The van der Waals surface area contributed by atoms with E-state index in [4.69, 9.17) is 27.9 Å². The molecule has 2 nitrogen and oxygen atoms in total. The highest BCUT2D eigenvalue weighted by atomic mass is 35.5. The van der Waals surface area contributed by atoms with E-state index in [1.54, 1.807) is 12.3 Å². The van der Waals surface area contributed by atoms with Crippen LogP contribution in [0.2, 0.25) is 5.02 Å². The summed E-state index contributed by atoms with van der Waals surface area (Å²) < 4.78 is 5.88. The summed E-state index contributed by atoms with van der Waals surface area (Å²) in [5.74, 6) is 1.82. The Balaban J connectivity index is 2.38. The van der Waals surface area contributed by atoms with E-state index in [0.717, 1.165) is 28.3 Å². The van der Waals surface area contributed by atoms with Gasteiger partial charge in [0, 0.05) is 28.5 Å². The number of halogens is 2. The van der Waals surface area contributed by atoms with Crippen molar-refractivity contribution in [1.82, 2.24) is 4.98 Å². The Bertz CT molecular complexity index is 570. The summed E-state index contributed by atoms with van der Waals surface area (Å²) in [6, 6.07) is 7.43. The second kappa shape index (κ2) is 5.59. The van der Waals surface area contributed by atoms with Crippen molar-refractivity contribution in [2.45, 2.75) is 19.7 Å². The quantitative estimate of drug-likeness (QED) is 0.748. The lowest BCUT2D eigenvalue weighted by molar-refractivity contribution is 0.473. The van der Waals surface area contributed by atoms with Gasteiger partial charge in [0.25, 0.3) is 0 Å². The van der Waals surface area contributed by atoms with Crippen molar-refractivity contribution in [2.24, 2.45) is 0 Å². The molecule has 0 fully saturated rings. The number of nitrogens with zero attached hydrogens (tertiary/aromatic N) is 1. The summed E-state index contributed by atoms with van der Waals surface area (Å²) in [5.41, 5.74) is 2.77. The van der Waals surface area contributed by atoms with Crippen LogP contribution in [0.4, 0.5) is 0 Å². The fraction of sp³-hybridized carbons (Fsp3) is 0.214. The molecule has 2 aromatic rings. The van der Waals surface area contributed by atoms with Gasteiger partial charge in [-0.1, -0.05) is 17.7 Å². The number of hydrogen-bond acceptors (Lipinski definition) is 2. The molecule has 0 radical (unpaired) electrons. The van der Waals surface area contributed by atoms with Crippen LogP contribution in [-0.2, 0) is 5.88 Å². The number of aromatic nitrogens is 1. The predicted molar refractivity (Wildman–Crippen MR) is 74.8 cm³/mol. The summed E-state index contributed by atoms with van der Waals surface area (Å²) >= 11 is 11.8. The molecule has 0 atom stereocenters. The lowest BCUT2D eigenvalue weighted by Crippen LogP contribution is -1.94. The molecule has 0 amide bonds. The Morgan fingerprint density at radius 1 is 1.17 bits per heavy atom. The molecule has 0 N–H and O–H groups in total. The monoisotopic (exact) mass is 281 g/mol. The third-order valence-electron chi connectivity index (χ3n) is 2.59. The van der Waals surface area contributed by atoms with Crippen LogP contribution in [0.15, 0.2) is 30.5 Å². The molecule has 1 heterocycles. The first-order valence-corrected chi connectivity index (χ1v) is 6.47. The molecule has 0 aliphatic rings. The zero-order valence-corrected chi connectivity index (χ0v) is 11.7. The van der Waals surface area contributed by atoms with Crippen molar-refractivity contribution in [3.63, 3.8) is 0 Å². The van der Waals surface area contributed by atoms with Crippen molar-refractivity contribution < 1.29 is 4.74 Å². The highest BCUT2D eigenvalue weighted by Crippen LogP contribution is 2.30. The maximum Gasteiger partial charge on any atom is 0.135 e. The number of alkyl halides is 1. The normalized spacial score (nSPS) is 10.4. The van der Waals surface area contributed by atoms with Gasteiger partial charge in [-0.3, -0.25) is 4.98 Å². The molecule has 0 saturated heterocycles. The van der Waals surface area contributed by atoms with Crippen molar-refractivity contribution in [2.75, 3.05) is 0 Å². The van der Waals surface area contributed by atoms with Gasteiger partial charge in [-0.15, -0.1) is 11.6 Å². The highest BCUT2D eigenvalue weighted by Gasteiger charge is 2.08. The molecule has 2 rings (SSSR count). The highest BCUT2D eigenvalue weighted by molar-refractivity contribution is 6.30. The number of benzene rings is 1. The second-order valence-electron chi connectivity index (χ2n) is 4.08. The SMILES string of the molecule is Cc1cc(Oc2cc(Cl)ccc2C)c(CCl)cn1. The molecule has 0 aliphatic heterocycles. The minimum absolute atomic E-state index is 0.363. The van der Waals surface area contributed by atoms with Gasteiger partial charge in [-0.05, 0) is 31.5 Å². The summed E-state index contributed by atoms with van der Waals surface area (Å²) in [5, 5.41) is 0.647. The van der Waals surface area contributed by atoms with Gasteiger partial charge in [0.2, 0.25) is 0 Å². The molecule has 0 unspecified atom stereocenters. The number of hydrogen-bond donors (Lipinski definition) is 0. The number of rotatable bonds is 3. The lowest BCUT2D eigenvalue weighted by Gasteiger charge is -2.12. The summed E-state index contributed by atoms with van der Waals surface area (Å²) in [6.07, 6.45) is 1.73. The van der Waals surface area contributed by atoms with E-state index < -0.39 is 0 Å². The largest absolute Gasteiger partial charge is 0.457 e. The number of ether oxygens (including phenoxy) is 1. The zero-order valence-electron chi connectivity index (χ0n) is 10.2. The van der Waals surface area contributed by atoms with Gasteiger partial charge in [-0.2, -0.15) is 0 Å². The van der Waals surface area contributed by atoms with Gasteiger partial charge in [0.1, 0.15) is 11.5 Å². The topological polar surface area (TPSA) is 22.1 Å². The third kappa shape index (κ3) is 2.95. The van der Waals surface area contributed by atoms with Gasteiger partial charge >= 0.3 is 0 Å². The molecule has 0 bridgehead atoms. The predicted octanol–water partition coefficient (Wildman–Crippen LogP) is 4.88. The van der Waals surface area contributed by atoms with Gasteiger partial charge in [-0.25, -0.2) is 0 Å². The molecule has 4 heteroatoms. The maximum atomic E-state index is 5.97. The van der Waals surface area contributed by atoms with Crippen molar-refractivity contribution in [1.29, 1.82) is 0 Å². The second-order valence-corrected chi connectivity index (χ2v) is 4.78. The van der Waals surface area contributed by atoms with Crippen LogP contribution in [-0.4, -0.2) is 4.98 Å². The average molecular weight is 282 g/mol. The molecule has 0 spiro atoms. The Morgan fingerprint density at radius 3 is 2.67 bits per heavy atom. The molecule has 1 aromatic heterocycles. The summed E-state index contributed by atoms with van der Waals surface area (Å²) in [7, 11) is 0. The lowest BCUT2D eigenvalue weighted by atomic mass is 10.2. The van der Waals surface area contributed by atoms with E-state index in [-0.39, 0.29) is 0 Å². The third-order valence-corrected chi connectivity index (χ3v) is 3.12. The van der Waals surface area contributed by atoms with Crippen LogP contribution in [0.1, 0.15) is 16.8 Å². The van der Waals surface area contributed by atoms with Crippen LogP contribution in [0.3, 0.4) is 0 Å². The fourth-order valence-electron chi connectivity index (χ4n) is 1.56. The summed E-state index contributed by atoms with van der Waals surface area (Å²) in [6.45, 7) is 3.88. The first-order chi connectivity index (χ1) is 8.60. The Kier molecular flexibility index (Phi) is 4.10. The van der Waals surface area contributed by atoms with Crippen LogP contribution in [0, 0.1) is 13.8 Å². The van der Waals surface area contributed by atoms with E-state index in [1.165, 1.54) is 0 Å². The molecule has 0 saturated carbocycles.